The molecule has 0 spiro atoms. The minimum Gasteiger partial charge on any atom is -0.505 e. The Kier molecular flexibility index (Phi) is 5.80. The fourth-order valence-electron chi connectivity index (χ4n) is 6.53. The van der Waals surface area contributed by atoms with Gasteiger partial charge < -0.3 is 21.3 Å². The van der Waals surface area contributed by atoms with Crippen molar-refractivity contribution in [3.8, 4) is 5.75 Å². The lowest BCUT2D eigenvalue weighted by Crippen LogP contribution is -2.70. The molecule has 0 radical (unpaired) electrons. The number of phenolic OH excluding ortho intramolecular Hbond substituents is 1. The summed E-state index contributed by atoms with van der Waals surface area (Å²) in [5.41, 5.74) is 9.51. The number of nitrogens with zero attached hydrogens (tertiary/aromatic N) is 1. The van der Waals surface area contributed by atoms with Gasteiger partial charge in [0.15, 0.2) is 17.3 Å². The van der Waals surface area contributed by atoms with E-state index in [-0.39, 0.29) is 48.1 Å². The number of nitrogens with two attached hydrogens (primary N) is 2. The molecule has 34 heavy (non-hydrogen) atoms. The highest BCUT2D eigenvalue weighted by Gasteiger charge is 2.65. The Hall–Kier alpha value is -2.85. The van der Waals surface area contributed by atoms with Gasteiger partial charge in [-0.05, 0) is 39.3 Å². The van der Waals surface area contributed by atoms with Crippen LogP contribution in [0.5, 0.6) is 5.75 Å². The van der Waals surface area contributed by atoms with E-state index in [0.29, 0.717) is 0 Å². The number of anilines is 1. The van der Waals surface area contributed by atoms with Gasteiger partial charge in [-0.3, -0.25) is 24.1 Å². The number of ketones is 3. The van der Waals surface area contributed by atoms with Crippen LogP contribution in [0.3, 0.4) is 0 Å². The molecule has 1 amide bonds. The van der Waals surface area contributed by atoms with Gasteiger partial charge in [-0.2, -0.15) is 0 Å². The van der Waals surface area contributed by atoms with Crippen LogP contribution in [0.25, 0.3) is 0 Å². The molecule has 0 heterocycles. The number of carbonyl (C=O) groups excluding carboxylic acids is 4. The number of ether oxygens (including phenoxy) is 1. The van der Waals surface area contributed by atoms with E-state index in [2.05, 4.69) is 0 Å². The minimum atomic E-state index is -1.60. The number of rotatable bonds is 4. The molecule has 184 valence electrons. The van der Waals surface area contributed by atoms with Gasteiger partial charge in [0.05, 0.1) is 23.2 Å². The van der Waals surface area contributed by atoms with Gasteiger partial charge in [-0.15, -0.1) is 0 Å². The molecule has 1 aromatic carbocycles. The Labute approximate surface area is 196 Å². The van der Waals surface area contributed by atoms with E-state index in [1.807, 2.05) is 0 Å². The number of aromatic hydroxyl groups is 1. The molecule has 6 unspecified atom stereocenters. The number of likely N-dealkylation sites (N-methyl/N-ethyl adjacent to an activating group) is 1. The number of fused-ring (bicyclic) bond motifs is 3. The van der Waals surface area contributed by atoms with Crippen LogP contribution in [-0.2, 0) is 32.0 Å². The van der Waals surface area contributed by atoms with Gasteiger partial charge in [-0.25, -0.2) is 4.39 Å². The number of Topliss-reactive ketones (excluding diaryl/α,β-unsaturated/α-hetero) is 3. The summed E-state index contributed by atoms with van der Waals surface area (Å²) in [5.74, 6) is -7.42. The lowest BCUT2D eigenvalue weighted by molar-refractivity contribution is -0.182. The average molecular weight is 476 g/mol. The number of methoxy groups -OCH3 is 1. The predicted octanol–water partition coefficient (Wildman–Crippen LogP) is 0.626. The Morgan fingerprint density at radius 1 is 1.29 bits per heavy atom. The maximum atomic E-state index is 15.3. The second-order valence-corrected chi connectivity index (χ2v) is 9.84. The third-order valence-corrected chi connectivity index (χ3v) is 8.11. The number of nitrogen functional groups attached to an aromatic ring is 1. The number of hydrogen-bond donors (Lipinski definition) is 3. The van der Waals surface area contributed by atoms with Crippen molar-refractivity contribution in [1.82, 2.24) is 4.90 Å². The van der Waals surface area contributed by atoms with Crippen LogP contribution in [0.2, 0.25) is 0 Å². The Balaban J connectivity index is 1.89. The Bertz CT molecular complexity index is 1120. The second-order valence-electron chi connectivity index (χ2n) is 9.84. The molecule has 6 atom stereocenters. The molecule has 2 saturated carbocycles. The molecule has 4 rings (SSSR count). The number of hydrogen-bond acceptors (Lipinski definition) is 8. The van der Waals surface area contributed by atoms with E-state index < -0.39 is 70.1 Å². The Morgan fingerprint density at radius 2 is 1.94 bits per heavy atom. The maximum absolute atomic E-state index is 15.3. The van der Waals surface area contributed by atoms with Crippen molar-refractivity contribution < 1.29 is 33.4 Å². The van der Waals surface area contributed by atoms with Crippen molar-refractivity contribution in [3.63, 3.8) is 0 Å². The van der Waals surface area contributed by atoms with E-state index in [4.69, 9.17) is 16.2 Å². The Morgan fingerprint density at radius 3 is 2.47 bits per heavy atom. The van der Waals surface area contributed by atoms with E-state index in [1.54, 1.807) is 25.9 Å². The quantitative estimate of drug-likeness (QED) is 0.326. The number of primary amides is 1. The summed E-state index contributed by atoms with van der Waals surface area (Å²) in [6.07, 6.45) is 0.225. The highest BCUT2D eigenvalue weighted by atomic mass is 19.1. The second kappa shape index (κ2) is 8.13. The van der Waals surface area contributed by atoms with Gasteiger partial charge in [0.2, 0.25) is 5.91 Å². The van der Waals surface area contributed by atoms with Crippen molar-refractivity contribution in [2.45, 2.75) is 44.2 Å². The summed E-state index contributed by atoms with van der Waals surface area (Å²) >= 11 is 0. The SMILES string of the molecule is CCc1c(N)c(O)c2c(c1F)CC1CC3C(N(C)C)C(=O)C(C(N)=O)CC3(OC)C(=O)C1C2=O. The summed E-state index contributed by atoms with van der Waals surface area (Å²) < 4.78 is 21.1. The number of benzene rings is 1. The molecular formula is C24H30FN3O6. The van der Waals surface area contributed by atoms with Crippen LogP contribution in [0, 0.1) is 29.5 Å². The van der Waals surface area contributed by atoms with Gasteiger partial charge in [0.25, 0.3) is 0 Å². The fourth-order valence-corrected chi connectivity index (χ4v) is 6.53. The monoisotopic (exact) mass is 475 g/mol. The highest BCUT2D eigenvalue weighted by molar-refractivity contribution is 6.18. The molecule has 2 fully saturated rings. The van der Waals surface area contributed by atoms with E-state index >= 15 is 4.39 Å². The molecule has 0 aliphatic heterocycles. The van der Waals surface area contributed by atoms with Gasteiger partial charge in [-0.1, -0.05) is 6.92 Å². The molecular weight excluding hydrogens is 445 g/mol. The average Bonchev–Trinajstić information content (AvgIpc) is 2.77. The number of amides is 1. The zero-order chi connectivity index (χ0) is 25.3. The topological polar surface area (TPSA) is 153 Å². The van der Waals surface area contributed by atoms with Crippen LogP contribution in [-0.4, -0.2) is 66.1 Å². The van der Waals surface area contributed by atoms with Crippen LogP contribution in [0.1, 0.15) is 41.3 Å². The van der Waals surface area contributed by atoms with Crippen molar-refractivity contribution >= 4 is 28.9 Å². The number of carbonyl (C=O) groups is 4. The molecule has 0 saturated heterocycles. The molecule has 3 aliphatic rings. The lowest BCUT2D eigenvalue weighted by Gasteiger charge is -2.55. The first-order valence-electron chi connectivity index (χ1n) is 11.4. The maximum Gasteiger partial charge on any atom is 0.228 e. The van der Waals surface area contributed by atoms with Crippen LogP contribution in [0.15, 0.2) is 0 Å². The van der Waals surface area contributed by atoms with Crippen molar-refractivity contribution in [1.29, 1.82) is 0 Å². The zero-order valence-electron chi connectivity index (χ0n) is 19.7. The zero-order valence-corrected chi connectivity index (χ0v) is 19.7. The third kappa shape index (κ3) is 3.04. The van der Waals surface area contributed by atoms with Crippen molar-refractivity contribution in [2.24, 2.45) is 29.4 Å². The van der Waals surface area contributed by atoms with Crippen LogP contribution in [0.4, 0.5) is 10.1 Å². The number of phenols is 1. The molecule has 0 aromatic heterocycles. The normalized spacial score (nSPS) is 32.9. The van der Waals surface area contributed by atoms with E-state index in [1.165, 1.54) is 7.11 Å². The summed E-state index contributed by atoms with van der Waals surface area (Å²) in [7, 11) is 4.65. The lowest BCUT2D eigenvalue weighted by atomic mass is 9.52. The molecule has 0 bridgehead atoms. The highest BCUT2D eigenvalue weighted by Crippen LogP contribution is 2.54. The third-order valence-electron chi connectivity index (χ3n) is 8.11. The summed E-state index contributed by atoms with van der Waals surface area (Å²) in [6.45, 7) is 1.69. The molecule has 3 aliphatic carbocycles. The van der Waals surface area contributed by atoms with Gasteiger partial charge in [0.1, 0.15) is 23.1 Å². The van der Waals surface area contributed by atoms with E-state index in [9.17, 15) is 24.3 Å². The first-order valence-corrected chi connectivity index (χ1v) is 11.4. The first-order chi connectivity index (χ1) is 15.9. The smallest absolute Gasteiger partial charge is 0.228 e. The molecule has 5 N–H and O–H groups in total. The van der Waals surface area contributed by atoms with Gasteiger partial charge in [0, 0.05) is 30.6 Å². The largest absolute Gasteiger partial charge is 0.505 e. The minimum absolute atomic E-state index is 0.0357. The molecule has 10 heteroatoms. The standard InChI is InChI=1S/C24H30FN3O6/c1-5-10-16(25)11-6-9-7-13-18(28(2)3)19(29)12(23(27)33)8-24(13,34-4)22(32)14(9)20(30)15(11)21(31)17(10)26/h9,12-14,18,31H,5-8,26H2,1-4H3,(H2,27,33). The first kappa shape index (κ1) is 24.3. The molecule has 9 nitrogen and oxygen atoms in total. The number of halogens is 1. The van der Waals surface area contributed by atoms with Crippen LogP contribution < -0.4 is 11.5 Å². The van der Waals surface area contributed by atoms with Crippen molar-refractivity contribution in [3.05, 3.63) is 22.5 Å². The summed E-state index contributed by atoms with van der Waals surface area (Å²) in [4.78, 5) is 54.5. The van der Waals surface area contributed by atoms with Crippen LogP contribution >= 0.6 is 0 Å². The predicted molar refractivity (Wildman–Crippen MR) is 120 cm³/mol. The summed E-state index contributed by atoms with van der Waals surface area (Å²) in [5, 5.41) is 10.7. The van der Waals surface area contributed by atoms with Crippen molar-refractivity contribution in [2.75, 3.05) is 26.9 Å². The fraction of sp³-hybridized carbons (Fsp3) is 0.583. The van der Waals surface area contributed by atoms with E-state index in [0.717, 1.165) is 0 Å². The van der Waals surface area contributed by atoms with Gasteiger partial charge >= 0.3 is 0 Å². The molecule has 1 aromatic rings. The summed E-state index contributed by atoms with van der Waals surface area (Å²) in [6, 6.07) is -0.844.